The number of piperidine rings is 1. The molecule has 7 heteroatoms. The van der Waals surface area contributed by atoms with Crippen LogP contribution >= 0.6 is 11.3 Å². The van der Waals surface area contributed by atoms with Crippen LogP contribution in [-0.2, 0) is 7.05 Å². The van der Waals surface area contributed by atoms with Crippen LogP contribution in [0.25, 0.3) is 0 Å². The molecule has 2 aromatic rings. The Kier molecular flexibility index (Phi) is 5.00. The van der Waals surface area contributed by atoms with E-state index in [1.54, 1.807) is 16.0 Å². The molecule has 2 aromatic heterocycles. The number of aromatic nitrogens is 2. The molecule has 0 radical (unpaired) electrons. The summed E-state index contributed by atoms with van der Waals surface area (Å²) in [6, 6.07) is 6.16. The van der Waals surface area contributed by atoms with Crippen LogP contribution in [0.15, 0.2) is 12.1 Å². The van der Waals surface area contributed by atoms with Crippen LogP contribution in [0.5, 0.6) is 0 Å². The topological polar surface area (TPSA) is 62.2 Å². The highest BCUT2D eigenvalue weighted by Gasteiger charge is 2.42. The van der Waals surface area contributed by atoms with Crippen molar-refractivity contribution in [2.75, 3.05) is 18.4 Å². The molecule has 0 aromatic carbocycles. The van der Waals surface area contributed by atoms with Gasteiger partial charge >= 0.3 is 0 Å². The molecule has 5 rings (SSSR count). The number of amides is 1. The van der Waals surface area contributed by atoms with Crippen LogP contribution in [0.2, 0.25) is 0 Å². The minimum atomic E-state index is -0.0365. The van der Waals surface area contributed by atoms with Gasteiger partial charge in [0, 0.05) is 46.9 Å². The normalized spacial score (nSPS) is 25.3. The largest absolute Gasteiger partial charge is 0.310 e. The zero-order valence-corrected chi connectivity index (χ0v) is 18.4. The maximum absolute atomic E-state index is 12.8. The molecule has 1 amide bonds. The summed E-state index contributed by atoms with van der Waals surface area (Å²) in [5.74, 6) is 1.27. The molecule has 2 aliphatic carbocycles. The molecule has 1 aliphatic heterocycles. The van der Waals surface area contributed by atoms with Crippen LogP contribution in [0.1, 0.15) is 63.8 Å². The number of likely N-dealkylation sites (tertiary alicyclic amines) is 1. The van der Waals surface area contributed by atoms with Crippen molar-refractivity contribution < 1.29 is 4.79 Å². The van der Waals surface area contributed by atoms with Crippen LogP contribution in [0.4, 0.5) is 5.82 Å². The minimum Gasteiger partial charge on any atom is -0.310 e. The maximum atomic E-state index is 12.8. The Morgan fingerprint density at radius 2 is 1.93 bits per heavy atom. The molecule has 29 heavy (non-hydrogen) atoms. The second-order valence-corrected chi connectivity index (χ2v) is 10.3. The highest BCUT2D eigenvalue weighted by Crippen LogP contribution is 2.45. The van der Waals surface area contributed by atoms with Crippen molar-refractivity contribution in [1.82, 2.24) is 20.0 Å². The van der Waals surface area contributed by atoms with Crippen molar-refractivity contribution in [2.45, 2.75) is 70.0 Å². The maximum Gasteiger partial charge on any atom is 0.257 e. The van der Waals surface area contributed by atoms with Gasteiger partial charge in [0.2, 0.25) is 0 Å². The summed E-state index contributed by atoms with van der Waals surface area (Å²) < 4.78 is 1.71. The molecule has 0 bridgehead atoms. The fourth-order valence-electron chi connectivity index (χ4n) is 4.69. The van der Waals surface area contributed by atoms with Crippen molar-refractivity contribution in [3.63, 3.8) is 0 Å². The number of nitrogens with one attached hydrogen (secondary N) is 2. The van der Waals surface area contributed by atoms with Gasteiger partial charge in [0.1, 0.15) is 5.82 Å². The molecule has 2 atom stereocenters. The van der Waals surface area contributed by atoms with Crippen LogP contribution in [0.3, 0.4) is 0 Å². The van der Waals surface area contributed by atoms with E-state index in [0.717, 1.165) is 28.0 Å². The Balaban J connectivity index is 1.17. The van der Waals surface area contributed by atoms with Gasteiger partial charge in [-0.25, -0.2) is 0 Å². The quantitative estimate of drug-likeness (QED) is 0.762. The minimum absolute atomic E-state index is 0.0365. The fourth-order valence-corrected chi connectivity index (χ4v) is 5.90. The number of carbonyl (C=O) groups excluding carboxylic acids is 1. The second kappa shape index (κ2) is 7.52. The Morgan fingerprint density at radius 1 is 1.17 bits per heavy atom. The molecular formula is C22H31N5OS. The molecule has 156 valence electrons. The summed E-state index contributed by atoms with van der Waals surface area (Å²) in [7, 11) is 1.85. The zero-order chi connectivity index (χ0) is 20.1. The van der Waals surface area contributed by atoms with Crippen molar-refractivity contribution >= 4 is 23.1 Å². The van der Waals surface area contributed by atoms with Gasteiger partial charge in [0.05, 0.1) is 11.3 Å². The number of rotatable bonds is 6. The summed E-state index contributed by atoms with van der Waals surface area (Å²) in [4.78, 5) is 17.9. The summed E-state index contributed by atoms with van der Waals surface area (Å²) in [5, 5.41) is 11.2. The van der Waals surface area contributed by atoms with Crippen LogP contribution in [-0.4, -0.2) is 51.8 Å². The van der Waals surface area contributed by atoms with Gasteiger partial charge in [-0.2, -0.15) is 5.10 Å². The van der Waals surface area contributed by atoms with Gasteiger partial charge < -0.3 is 15.5 Å². The van der Waals surface area contributed by atoms with Gasteiger partial charge in [0.25, 0.3) is 5.91 Å². The predicted octanol–water partition coefficient (Wildman–Crippen LogP) is 3.42. The third-order valence-corrected chi connectivity index (χ3v) is 7.81. The fraction of sp³-hybridized carbons (Fsp3) is 0.636. The number of hydrogen-bond donors (Lipinski definition) is 2. The Bertz CT molecular complexity index is 906. The van der Waals surface area contributed by atoms with E-state index in [-0.39, 0.29) is 5.91 Å². The van der Waals surface area contributed by atoms with Gasteiger partial charge in [-0.05, 0) is 65.1 Å². The summed E-state index contributed by atoms with van der Waals surface area (Å²) in [5.41, 5.74) is 1.70. The molecule has 1 saturated heterocycles. The lowest BCUT2D eigenvalue weighted by molar-refractivity contribution is 0.102. The third kappa shape index (κ3) is 4.13. The summed E-state index contributed by atoms with van der Waals surface area (Å²) >= 11 is 1.78. The van der Waals surface area contributed by atoms with Gasteiger partial charge in [0.15, 0.2) is 0 Å². The highest BCUT2D eigenvalue weighted by atomic mass is 32.1. The van der Waals surface area contributed by atoms with E-state index < -0.39 is 0 Å². The first-order chi connectivity index (χ1) is 14.0. The van der Waals surface area contributed by atoms with Gasteiger partial charge in [-0.3, -0.25) is 9.48 Å². The number of thiophene rings is 1. The first kappa shape index (κ1) is 19.3. The number of carbonyl (C=O) groups is 1. The molecule has 3 heterocycles. The molecule has 2 unspecified atom stereocenters. The molecule has 3 fully saturated rings. The van der Waals surface area contributed by atoms with Gasteiger partial charge in [-0.15, -0.1) is 11.3 Å². The molecule has 2 saturated carbocycles. The molecule has 6 nitrogen and oxygen atoms in total. The number of anilines is 1. The van der Waals surface area contributed by atoms with E-state index in [4.69, 9.17) is 0 Å². The second-order valence-electron chi connectivity index (χ2n) is 9.02. The predicted molar refractivity (Wildman–Crippen MR) is 117 cm³/mol. The average Bonchev–Trinajstić information content (AvgIpc) is 3.59. The monoisotopic (exact) mass is 413 g/mol. The third-order valence-electron chi connectivity index (χ3n) is 6.62. The summed E-state index contributed by atoms with van der Waals surface area (Å²) in [6.45, 7) is 6.50. The molecule has 0 spiro atoms. The molecule has 2 N–H and O–H groups in total. The van der Waals surface area contributed by atoms with Gasteiger partial charge in [-0.1, -0.05) is 0 Å². The smallest absolute Gasteiger partial charge is 0.257 e. The Morgan fingerprint density at radius 3 is 2.59 bits per heavy atom. The first-order valence-corrected chi connectivity index (χ1v) is 11.7. The van der Waals surface area contributed by atoms with E-state index in [0.29, 0.717) is 18.0 Å². The van der Waals surface area contributed by atoms with Crippen molar-refractivity contribution in [3.8, 4) is 0 Å². The van der Waals surface area contributed by atoms with E-state index >= 15 is 0 Å². The Hall–Kier alpha value is -1.70. The molecule has 3 aliphatic rings. The van der Waals surface area contributed by atoms with E-state index in [1.807, 2.05) is 20.0 Å². The lowest BCUT2D eigenvalue weighted by atomic mass is 10.0. The zero-order valence-electron chi connectivity index (χ0n) is 17.6. The first-order valence-electron chi connectivity index (χ1n) is 10.9. The van der Waals surface area contributed by atoms with Crippen LogP contribution < -0.4 is 10.6 Å². The number of hydrogen-bond acceptors (Lipinski definition) is 5. The van der Waals surface area contributed by atoms with E-state index in [9.17, 15) is 4.79 Å². The lowest BCUT2D eigenvalue weighted by Gasteiger charge is -2.32. The summed E-state index contributed by atoms with van der Waals surface area (Å²) in [6.07, 6.45) is 6.58. The van der Waals surface area contributed by atoms with E-state index in [1.165, 1.54) is 50.1 Å². The Labute approximate surface area is 176 Å². The number of aryl methyl sites for hydroxylation is 3. The SMILES string of the molecule is Cc1cc(NC(=O)c2cc(C3CC3NC3CCN(C4CC4)CC3)sc2C)n(C)n1. The molecular weight excluding hydrogens is 382 g/mol. The van der Waals surface area contributed by atoms with Crippen LogP contribution in [0, 0.1) is 13.8 Å². The van der Waals surface area contributed by atoms with Crippen molar-refractivity contribution in [2.24, 2.45) is 7.05 Å². The average molecular weight is 414 g/mol. The van der Waals surface area contributed by atoms with E-state index in [2.05, 4.69) is 33.6 Å². The highest BCUT2D eigenvalue weighted by molar-refractivity contribution is 7.12. The number of nitrogens with zero attached hydrogens (tertiary/aromatic N) is 3. The van der Waals surface area contributed by atoms with Crippen molar-refractivity contribution in [1.29, 1.82) is 0 Å². The van der Waals surface area contributed by atoms with Crippen molar-refractivity contribution in [3.05, 3.63) is 33.1 Å². The standard InChI is InChI=1S/C22H31N5OS/c1-13-10-21(26(3)25-13)24-22(28)17-12-20(29-14(17)2)18-11-19(18)23-15-6-8-27(9-7-15)16-4-5-16/h10,12,15-16,18-19,23H,4-9,11H2,1-3H3,(H,24,28). The lowest BCUT2D eigenvalue weighted by Crippen LogP contribution is -2.44.